The van der Waals surface area contributed by atoms with Crippen molar-refractivity contribution in [3.63, 3.8) is 0 Å². The van der Waals surface area contributed by atoms with Crippen LogP contribution in [0, 0.1) is 5.92 Å². The van der Waals surface area contributed by atoms with Gasteiger partial charge in [-0.05, 0) is 44.2 Å². The molecule has 0 saturated heterocycles. The van der Waals surface area contributed by atoms with Gasteiger partial charge in [0.1, 0.15) is 5.75 Å². The third-order valence-electron chi connectivity index (χ3n) is 2.64. The van der Waals surface area contributed by atoms with Gasteiger partial charge < -0.3 is 9.84 Å². The van der Waals surface area contributed by atoms with Crippen molar-refractivity contribution in [1.82, 2.24) is 4.98 Å². The van der Waals surface area contributed by atoms with E-state index in [2.05, 4.69) is 4.98 Å². The molecule has 3 heteroatoms. The number of hydrogen-bond donors (Lipinski definition) is 1. The maximum Gasteiger partial charge on any atom is 0.138 e. The second-order valence-electron chi connectivity index (χ2n) is 5.05. The van der Waals surface area contributed by atoms with E-state index in [0.29, 0.717) is 5.92 Å². The second-order valence-corrected chi connectivity index (χ2v) is 5.05. The summed E-state index contributed by atoms with van der Waals surface area (Å²) in [5.74, 6) is 1.11. The predicted octanol–water partition coefficient (Wildman–Crippen LogP) is 2.82. The highest BCUT2D eigenvalue weighted by Gasteiger charge is 2.09. The van der Waals surface area contributed by atoms with Crippen molar-refractivity contribution in [2.75, 3.05) is 0 Å². The van der Waals surface area contributed by atoms with Crippen molar-refractivity contribution in [2.24, 2.45) is 5.92 Å². The molecule has 1 aromatic heterocycles. The molecule has 1 heterocycles. The van der Waals surface area contributed by atoms with Gasteiger partial charge in [0.2, 0.25) is 0 Å². The lowest BCUT2D eigenvalue weighted by Gasteiger charge is -2.14. The summed E-state index contributed by atoms with van der Waals surface area (Å²) in [7, 11) is 0. The molecule has 1 N–H and O–H groups in total. The van der Waals surface area contributed by atoms with Gasteiger partial charge in [-0.1, -0.05) is 13.8 Å². The fraction of sp³-hybridized carbons (Fsp3) is 0.643. The summed E-state index contributed by atoms with van der Waals surface area (Å²) in [6, 6.07) is 2.00. The lowest BCUT2D eigenvalue weighted by atomic mass is 10.0. The van der Waals surface area contributed by atoms with E-state index in [-0.39, 0.29) is 12.2 Å². The molecule has 1 aromatic rings. The Morgan fingerprint density at radius 3 is 2.53 bits per heavy atom. The number of nitrogens with zero attached hydrogens (tertiary/aromatic N) is 1. The second kappa shape index (κ2) is 6.60. The van der Waals surface area contributed by atoms with Crippen molar-refractivity contribution < 1.29 is 9.84 Å². The molecule has 3 nitrogen and oxygen atoms in total. The Labute approximate surface area is 104 Å². The number of pyridine rings is 1. The van der Waals surface area contributed by atoms with Crippen molar-refractivity contribution in [1.29, 1.82) is 0 Å². The Balaban J connectivity index is 2.54. The fourth-order valence-electron chi connectivity index (χ4n) is 1.58. The van der Waals surface area contributed by atoms with Crippen LogP contribution in [-0.4, -0.2) is 22.3 Å². The number of ether oxygens (including phenoxy) is 1. The van der Waals surface area contributed by atoms with E-state index in [9.17, 15) is 5.11 Å². The molecule has 17 heavy (non-hydrogen) atoms. The van der Waals surface area contributed by atoms with Crippen molar-refractivity contribution in [3.05, 3.63) is 24.0 Å². The van der Waals surface area contributed by atoms with Crippen LogP contribution in [0.15, 0.2) is 18.5 Å². The van der Waals surface area contributed by atoms with Gasteiger partial charge in [-0.15, -0.1) is 0 Å². The van der Waals surface area contributed by atoms with E-state index < -0.39 is 0 Å². The van der Waals surface area contributed by atoms with Crippen LogP contribution in [0.1, 0.15) is 39.7 Å². The predicted molar refractivity (Wildman–Crippen MR) is 69.2 cm³/mol. The first kappa shape index (κ1) is 14.0. The molecule has 0 bridgehead atoms. The first-order valence-electron chi connectivity index (χ1n) is 6.27. The van der Waals surface area contributed by atoms with E-state index in [1.807, 2.05) is 40.0 Å². The normalized spacial score (nSPS) is 13.1. The van der Waals surface area contributed by atoms with Crippen molar-refractivity contribution in [2.45, 2.75) is 52.7 Å². The topological polar surface area (TPSA) is 42.4 Å². The fourth-order valence-corrected chi connectivity index (χ4v) is 1.58. The summed E-state index contributed by atoms with van der Waals surface area (Å²) >= 11 is 0. The summed E-state index contributed by atoms with van der Waals surface area (Å²) in [6.45, 7) is 8.05. The molecule has 0 aliphatic heterocycles. The zero-order chi connectivity index (χ0) is 12.8. The Bertz CT molecular complexity index is 337. The molecule has 0 spiro atoms. The Hall–Kier alpha value is -1.09. The monoisotopic (exact) mass is 237 g/mol. The van der Waals surface area contributed by atoms with Gasteiger partial charge in [0.05, 0.1) is 18.4 Å². The van der Waals surface area contributed by atoms with Crippen molar-refractivity contribution >= 4 is 0 Å². The highest BCUT2D eigenvalue weighted by atomic mass is 16.5. The number of aliphatic hydroxyl groups is 1. The summed E-state index contributed by atoms with van der Waals surface area (Å²) in [4.78, 5) is 4.15. The van der Waals surface area contributed by atoms with E-state index in [1.165, 1.54) is 0 Å². The van der Waals surface area contributed by atoms with E-state index in [4.69, 9.17) is 4.74 Å². The highest BCUT2D eigenvalue weighted by molar-refractivity contribution is 5.23. The largest absolute Gasteiger partial charge is 0.489 e. The molecule has 96 valence electrons. The Kier molecular flexibility index (Phi) is 5.42. The summed E-state index contributed by atoms with van der Waals surface area (Å²) < 4.78 is 5.58. The highest BCUT2D eigenvalue weighted by Crippen LogP contribution is 2.16. The number of rotatable bonds is 6. The van der Waals surface area contributed by atoms with Crippen LogP contribution in [0.5, 0.6) is 5.75 Å². The van der Waals surface area contributed by atoms with Gasteiger partial charge in [0, 0.05) is 6.20 Å². The Morgan fingerprint density at radius 1 is 1.24 bits per heavy atom. The van der Waals surface area contributed by atoms with E-state index >= 15 is 0 Å². The molecular formula is C14H23NO2. The molecule has 0 saturated carbocycles. The Morgan fingerprint density at radius 2 is 1.94 bits per heavy atom. The lowest BCUT2D eigenvalue weighted by Crippen LogP contribution is -2.15. The van der Waals surface area contributed by atoms with Crippen LogP contribution in [0.2, 0.25) is 0 Å². The van der Waals surface area contributed by atoms with Crippen LogP contribution in [0.4, 0.5) is 0 Å². The van der Waals surface area contributed by atoms with Crippen LogP contribution in [0.25, 0.3) is 0 Å². The molecule has 0 fully saturated rings. The van der Waals surface area contributed by atoms with Gasteiger partial charge in [0.15, 0.2) is 0 Å². The number of hydrogen-bond acceptors (Lipinski definition) is 3. The molecule has 0 aliphatic carbocycles. The molecule has 1 rings (SSSR count). The third kappa shape index (κ3) is 5.18. The van der Waals surface area contributed by atoms with Gasteiger partial charge in [0.25, 0.3) is 0 Å². The van der Waals surface area contributed by atoms with Crippen LogP contribution in [0.3, 0.4) is 0 Å². The standard InChI is InChI=1S/C14H23NO2/c1-10(2)14(16)6-5-12-7-13(9-15-8-12)17-11(3)4/h7-11,14,16H,5-6H2,1-4H3. The molecule has 0 aromatic carbocycles. The van der Waals surface area contributed by atoms with Gasteiger partial charge in [-0.25, -0.2) is 0 Å². The average Bonchev–Trinajstić information content (AvgIpc) is 2.25. The zero-order valence-corrected chi connectivity index (χ0v) is 11.2. The molecule has 1 atom stereocenters. The minimum Gasteiger partial charge on any atom is -0.489 e. The van der Waals surface area contributed by atoms with Crippen LogP contribution < -0.4 is 4.74 Å². The lowest BCUT2D eigenvalue weighted by molar-refractivity contribution is 0.116. The van der Waals surface area contributed by atoms with Gasteiger partial charge in [-0.3, -0.25) is 4.98 Å². The first-order valence-corrected chi connectivity index (χ1v) is 6.27. The number of aryl methyl sites for hydroxylation is 1. The molecule has 0 aliphatic rings. The van der Waals surface area contributed by atoms with Gasteiger partial charge >= 0.3 is 0 Å². The summed E-state index contributed by atoms with van der Waals surface area (Å²) in [6.07, 6.45) is 5.08. The summed E-state index contributed by atoms with van der Waals surface area (Å²) in [5.41, 5.74) is 1.11. The van der Waals surface area contributed by atoms with E-state index in [0.717, 1.165) is 24.2 Å². The van der Waals surface area contributed by atoms with Crippen LogP contribution >= 0.6 is 0 Å². The maximum absolute atomic E-state index is 9.75. The first-order chi connectivity index (χ1) is 7.99. The molecule has 0 amide bonds. The summed E-state index contributed by atoms with van der Waals surface area (Å²) in [5, 5.41) is 9.75. The smallest absolute Gasteiger partial charge is 0.138 e. The minimum absolute atomic E-state index is 0.160. The third-order valence-corrected chi connectivity index (χ3v) is 2.64. The minimum atomic E-state index is -0.246. The number of aromatic nitrogens is 1. The zero-order valence-electron chi connectivity index (χ0n) is 11.2. The molecular weight excluding hydrogens is 214 g/mol. The molecule has 0 radical (unpaired) electrons. The SMILES string of the molecule is CC(C)Oc1cncc(CCC(O)C(C)C)c1. The number of aliphatic hydroxyl groups excluding tert-OH is 1. The van der Waals surface area contributed by atoms with E-state index in [1.54, 1.807) is 6.20 Å². The van der Waals surface area contributed by atoms with Crippen LogP contribution in [-0.2, 0) is 6.42 Å². The maximum atomic E-state index is 9.75. The van der Waals surface area contributed by atoms with Gasteiger partial charge in [-0.2, -0.15) is 0 Å². The van der Waals surface area contributed by atoms with Crippen molar-refractivity contribution in [3.8, 4) is 5.75 Å². The average molecular weight is 237 g/mol. The molecule has 1 unspecified atom stereocenters. The quantitative estimate of drug-likeness (QED) is 0.827.